The van der Waals surface area contributed by atoms with Gasteiger partial charge in [-0.1, -0.05) is 170 Å². The van der Waals surface area contributed by atoms with Gasteiger partial charge in [0.2, 0.25) is 0 Å². The van der Waals surface area contributed by atoms with Crippen LogP contribution in [0.2, 0.25) is 0 Å². The number of aliphatic carboxylic acids is 1. The molecule has 3 atom stereocenters. The fourth-order valence-corrected chi connectivity index (χ4v) is 6.68. The number of ether oxygens (including phenoxy) is 2. The first kappa shape index (κ1) is 58.7. The zero-order valence-electron chi connectivity index (χ0n) is 38.4. The van der Waals surface area contributed by atoms with E-state index in [1.54, 1.807) is 0 Å². The van der Waals surface area contributed by atoms with Crippen LogP contribution in [0.25, 0.3) is 0 Å². The second-order valence-corrected chi connectivity index (χ2v) is 17.0. The van der Waals surface area contributed by atoms with E-state index in [-0.39, 0.29) is 12.8 Å². The molecule has 0 aliphatic carbocycles. The van der Waals surface area contributed by atoms with Gasteiger partial charge in [-0.2, -0.15) is 0 Å². The molecule has 354 valence electrons. The monoisotopic (exact) mass is 890 g/mol. The van der Waals surface area contributed by atoms with Gasteiger partial charge in [-0.05, 0) is 83.5 Å². The average Bonchev–Trinajstić information content (AvgIpc) is 3.25. The third-order valence-corrected chi connectivity index (χ3v) is 10.6. The Hall–Kier alpha value is -3.34. The van der Waals surface area contributed by atoms with Crippen LogP contribution in [0.5, 0.6) is 0 Å². The van der Waals surface area contributed by atoms with Crippen molar-refractivity contribution >= 4 is 25.7 Å². The van der Waals surface area contributed by atoms with Crippen molar-refractivity contribution in [3.05, 3.63) is 85.1 Å². The van der Waals surface area contributed by atoms with E-state index in [9.17, 15) is 23.8 Å². The van der Waals surface area contributed by atoms with Gasteiger partial charge in [0.05, 0.1) is 13.2 Å². The summed E-state index contributed by atoms with van der Waals surface area (Å²) in [6, 6.07) is -1.54. The van der Waals surface area contributed by atoms with Crippen molar-refractivity contribution in [1.82, 2.24) is 0 Å². The Morgan fingerprint density at radius 2 is 0.887 bits per heavy atom. The highest BCUT2D eigenvalue weighted by molar-refractivity contribution is 7.47. The summed E-state index contributed by atoms with van der Waals surface area (Å²) < 4.78 is 32.7. The largest absolute Gasteiger partial charge is 0.480 e. The van der Waals surface area contributed by atoms with Crippen molar-refractivity contribution in [2.75, 3.05) is 19.8 Å². The van der Waals surface area contributed by atoms with Gasteiger partial charge in [0.25, 0.3) is 0 Å². The maximum absolute atomic E-state index is 12.7. The number of nitrogens with two attached hydrogens (primary N) is 1. The number of phosphoric acid groups is 1. The third kappa shape index (κ3) is 43.3. The number of hydrogen-bond acceptors (Lipinski definition) is 9. The number of unbranched alkanes of at least 4 members (excludes halogenated alkanes) is 15. The molecule has 0 spiro atoms. The van der Waals surface area contributed by atoms with Crippen molar-refractivity contribution < 1.29 is 47.5 Å². The summed E-state index contributed by atoms with van der Waals surface area (Å²) in [6.45, 7) is 2.67. The lowest BCUT2D eigenvalue weighted by molar-refractivity contribution is -0.161. The lowest BCUT2D eigenvalue weighted by Gasteiger charge is -2.20. The third-order valence-electron chi connectivity index (χ3n) is 9.63. The van der Waals surface area contributed by atoms with Crippen LogP contribution in [0.15, 0.2) is 85.1 Å². The predicted octanol–water partition coefficient (Wildman–Crippen LogP) is 13.1. The molecular formula is C50H84NO10P. The summed E-state index contributed by atoms with van der Waals surface area (Å²) in [6.07, 6.45) is 55.1. The van der Waals surface area contributed by atoms with Gasteiger partial charge in [0, 0.05) is 12.8 Å². The standard InChI is InChI=1S/C50H84NO10P/c1-3-5-7-9-11-13-15-17-19-21-23-25-27-29-31-33-35-37-39-41-48(52)58-43-46(44-59-62(56,57)60-45-47(51)50(54)55)61-49(53)42-40-38-36-34-32-30-28-26-24-22-20-18-16-14-12-10-8-6-4-2/h11-14,17-20,23,25,29,31,35,37,46-47H,3-10,15-16,21-22,24,26-28,30,32-34,36,38-45,51H2,1-2H3,(H,54,55)(H,56,57)/b13-11-,14-12-,19-17-,20-18-,25-23-,31-29-,37-35-/t46-,47+/m1/s1. The number of allylic oxidation sites excluding steroid dienone is 14. The molecular weight excluding hydrogens is 806 g/mol. The van der Waals surface area contributed by atoms with E-state index in [0.29, 0.717) is 12.8 Å². The number of phosphoric ester groups is 1. The van der Waals surface area contributed by atoms with Crippen molar-refractivity contribution in [2.45, 2.75) is 193 Å². The molecule has 0 aromatic carbocycles. The zero-order chi connectivity index (χ0) is 45.6. The van der Waals surface area contributed by atoms with Crippen LogP contribution >= 0.6 is 7.82 Å². The second-order valence-electron chi connectivity index (χ2n) is 15.5. The average molecular weight is 890 g/mol. The number of carboxylic acids is 1. The summed E-state index contributed by atoms with van der Waals surface area (Å²) >= 11 is 0. The molecule has 0 radical (unpaired) electrons. The highest BCUT2D eigenvalue weighted by Gasteiger charge is 2.28. The Balaban J connectivity index is 4.44. The first-order valence-corrected chi connectivity index (χ1v) is 25.1. The van der Waals surface area contributed by atoms with Crippen LogP contribution in [0, 0.1) is 0 Å². The van der Waals surface area contributed by atoms with Crippen LogP contribution in [-0.4, -0.2) is 59.9 Å². The van der Waals surface area contributed by atoms with E-state index < -0.39 is 57.7 Å². The molecule has 4 N–H and O–H groups in total. The Bertz CT molecular complexity index is 1370. The van der Waals surface area contributed by atoms with Crippen molar-refractivity contribution in [1.29, 1.82) is 0 Å². The van der Waals surface area contributed by atoms with Crippen molar-refractivity contribution in [2.24, 2.45) is 5.73 Å². The van der Waals surface area contributed by atoms with Gasteiger partial charge in [-0.15, -0.1) is 0 Å². The normalized spacial score (nSPS) is 14.4. The minimum atomic E-state index is -4.74. The van der Waals surface area contributed by atoms with Crippen LogP contribution in [-0.2, 0) is 37.5 Å². The molecule has 0 saturated carbocycles. The first-order valence-electron chi connectivity index (χ1n) is 23.6. The van der Waals surface area contributed by atoms with Gasteiger partial charge in [0.1, 0.15) is 12.6 Å². The smallest absolute Gasteiger partial charge is 0.472 e. The van der Waals surface area contributed by atoms with Gasteiger partial charge < -0.3 is 25.2 Å². The summed E-state index contributed by atoms with van der Waals surface area (Å²) in [5.74, 6) is -2.49. The highest BCUT2D eigenvalue weighted by Crippen LogP contribution is 2.43. The lowest BCUT2D eigenvalue weighted by Crippen LogP contribution is -2.34. The van der Waals surface area contributed by atoms with Gasteiger partial charge in [-0.3, -0.25) is 23.4 Å². The Labute approximate surface area is 375 Å². The summed E-state index contributed by atoms with van der Waals surface area (Å²) in [4.78, 5) is 46.0. The lowest BCUT2D eigenvalue weighted by atomic mass is 10.1. The number of rotatable bonds is 43. The molecule has 0 aromatic heterocycles. The number of hydrogen-bond donors (Lipinski definition) is 3. The molecule has 0 heterocycles. The van der Waals surface area contributed by atoms with E-state index >= 15 is 0 Å². The number of carbonyl (C=O) groups excluding carboxylic acids is 2. The quantitative estimate of drug-likeness (QED) is 0.0230. The molecule has 0 aliphatic heterocycles. The molecule has 11 nitrogen and oxygen atoms in total. The summed E-state index contributed by atoms with van der Waals surface area (Å²) in [5.41, 5.74) is 5.34. The van der Waals surface area contributed by atoms with E-state index in [2.05, 4.69) is 91.3 Å². The molecule has 0 aromatic rings. The van der Waals surface area contributed by atoms with Crippen LogP contribution in [0.3, 0.4) is 0 Å². The SMILES string of the molecule is CCCCC/C=C\C/C=C\C/C=C\C/C=C\C/C=C\CCC(=O)OC[C@H](COP(=O)(O)OC[C@H](N)C(=O)O)OC(=O)CCCCCCCCCCC/C=C\C/C=C\CCCCC. The van der Waals surface area contributed by atoms with E-state index in [1.165, 1.54) is 77.0 Å². The Morgan fingerprint density at radius 1 is 0.500 bits per heavy atom. The number of carbonyl (C=O) groups is 3. The van der Waals surface area contributed by atoms with Gasteiger partial charge >= 0.3 is 25.7 Å². The minimum Gasteiger partial charge on any atom is -0.480 e. The molecule has 0 bridgehead atoms. The van der Waals surface area contributed by atoms with Crippen molar-refractivity contribution in [3.63, 3.8) is 0 Å². The fraction of sp³-hybridized carbons (Fsp3) is 0.660. The van der Waals surface area contributed by atoms with E-state index in [4.69, 9.17) is 24.8 Å². The zero-order valence-corrected chi connectivity index (χ0v) is 39.3. The summed E-state index contributed by atoms with van der Waals surface area (Å²) in [5, 5.41) is 8.91. The number of carboxylic acid groups (broad SMARTS) is 1. The Morgan fingerprint density at radius 3 is 1.34 bits per heavy atom. The van der Waals surface area contributed by atoms with E-state index in [0.717, 1.165) is 64.2 Å². The molecule has 1 unspecified atom stereocenters. The molecule has 62 heavy (non-hydrogen) atoms. The maximum atomic E-state index is 12.7. The van der Waals surface area contributed by atoms with Gasteiger partial charge in [0.15, 0.2) is 6.10 Å². The summed E-state index contributed by atoms with van der Waals surface area (Å²) in [7, 11) is -4.74. The molecule has 0 amide bonds. The minimum absolute atomic E-state index is 0.0933. The van der Waals surface area contributed by atoms with Crippen LogP contribution in [0.4, 0.5) is 0 Å². The predicted molar refractivity (Wildman–Crippen MR) is 254 cm³/mol. The molecule has 0 saturated heterocycles. The van der Waals surface area contributed by atoms with Crippen LogP contribution < -0.4 is 5.73 Å². The van der Waals surface area contributed by atoms with E-state index in [1.807, 2.05) is 12.2 Å². The molecule has 0 fully saturated rings. The topological polar surface area (TPSA) is 172 Å². The molecule has 0 aliphatic rings. The fourth-order valence-electron chi connectivity index (χ4n) is 5.90. The number of esters is 2. The first-order chi connectivity index (χ1) is 30.1. The van der Waals surface area contributed by atoms with Gasteiger partial charge in [-0.25, -0.2) is 4.57 Å². The Kier molecular flexibility index (Phi) is 41.9. The molecule has 0 rings (SSSR count). The highest BCUT2D eigenvalue weighted by atomic mass is 31.2. The van der Waals surface area contributed by atoms with Crippen LogP contribution in [0.1, 0.15) is 181 Å². The van der Waals surface area contributed by atoms with Crippen molar-refractivity contribution in [3.8, 4) is 0 Å². The maximum Gasteiger partial charge on any atom is 0.472 e. The second kappa shape index (κ2) is 44.3. The molecule has 12 heteroatoms.